The van der Waals surface area contributed by atoms with Crippen LogP contribution in [0.4, 0.5) is 0 Å². The first-order valence-corrected chi connectivity index (χ1v) is 7.29. The van der Waals surface area contributed by atoms with Crippen molar-refractivity contribution >= 4 is 5.91 Å². The molecule has 2 N–H and O–H groups in total. The summed E-state index contributed by atoms with van der Waals surface area (Å²) >= 11 is 0. The largest absolute Gasteiger partial charge is 0.508 e. The van der Waals surface area contributed by atoms with Crippen molar-refractivity contribution in [1.82, 2.24) is 5.32 Å². The van der Waals surface area contributed by atoms with Gasteiger partial charge in [0.1, 0.15) is 5.75 Å². The van der Waals surface area contributed by atoms with Gasteiger partial charge in [-0.25, -0.2) is 0 Å². The van der Waals surface area contributed by atoms with Crippen molar-refractivity contribution in [3.05, 3.63) is 29.8 Å². The summed E-state index contributed by atoms with van der Waals surface area (Å²) in [6, 6.07) is 6.81. The second-order valence-corrected chi connectivity index (χ2v) is 5.53. The van der Waals surface area contributed by atoms with E-state index in [2.05, 4.69) is 12.2 Å². The predicted octanol–water partition coefficient (Wildman–Crippen LogP) is 3.48. The Labute approximate surface area is 115 Å². The molecule has 0 radical (unpaired) electrons. The quantitative estimate of drug-likeness (QED) is 0.871. The van der Waals surface area contributed by atoms with Crippen LogP contribution in [0.2, 0.25) is 0 Å². The number of phenols is 1. The minimum Gasteiger partial charge on any atom is -0.508 e. The van der Waals surface area contributed by atoms with Gasteiger partial charge < -0.3 is 10.4 Å². The van der Waals surface area contributed by atoms with Crippen LogP contribution in [-0.2, 0) is 0 Å². The lowest BCUT2D eigenvalue weighted by Crippen LogP contribution is -2.37. The van der Waals surface area contributed by atoms with Gasteiger partial charge in [-0.2, -0.15) is 0 Å². The van der Waals surface area contributed by atoms with Crippen molar-refractivity contribution < 1.29 is 9.90 Å². The fourth-order valence-corrected chi connectivity index (χ4v) is 2.92. The van der Waals surface area contributed by atoms with Crippen LogP contribution in [0.15, 0.2) is 24.3 Å². The number of hydrogen-bond donors (Lipinski definition) is 2. The third-order valence-electron chi connectivity index (χ3n) is 3.99. The molecule has 1 aromatic carbocycles. The second kappa shape index (κ2) is 6.60. The van der Waals surface area contributed by atoms with E-state index in [-0.39, 0.29) is 11.7 Å². The van der Waals surface area contributed by atoms with Crippen molar-refractivity contribution in [2.45, 2.75) is 51.5 Å². The molecule has 1 aliphatic rings. The second-order valence-electron chi connectivity index (χ2n) is 5.53. The molecule has 0 aliphatic heterocycles. The van der Waals surface area contributed by atoms with Gasteiger partial charge in [0.2, 0.25) is 0 Å². The highest BCUT2D eigenvalue weighted by Gasteiger charge is 2.22. The smallest absolute Gasteiger partial charge is 0.251 e. The number of nitrogens with one attached hydrogen (secondary N) is 1. The first kappa shape index (κ1) is 13.9. The molecular formula is C16H23NO2. The van der Waals surface area contributed by atoms with E-state index in [1.165, 1.54) is 31.7 Å². The van der Waals surface area contributed by atoms with E-state index in [1.807, 2.05) is 0 Å². The summed E-state index contributed by atoms with van der Waals surface area (Å²) in [5.41, 5.74) is 0.538. The molecule has 19 heavy (non-hydrogen) atoms. The van der Waals surface area contributed by atoms with Gasteiger partial charge in [0.25, 0.3) is 5.91 Å². The Morgan fingerprint density at radius 3 is 2.68 bits per heavy atom. The van der Waals surface area contributed by atoms with E-state index in [0.29, 0.717) is 11.6 Å². The lowest BCUT2D eigenvalue weighted by atomic mass is 9.83. The van der Waals surface area contributed by atoms with Gasteiger partial charge in [0.15, 0.2) is 0 Å². The highest BCUT2D eigenvalue weighted by Crippen LogP contribution is 2.27. The van der Waals surface area contributed by atoms with Crippen LogP contribution >= 0.6 is 0 Å². The standard InChI is InChI=1S/C16H23NO2/c1-2-4-12-7-9-14(10-8-12)17-16(19)13-5-3-6-15(18)11-13/h3,5-6,11-12,14,18H,2,4,7-10H2,1H3,(H,17,19). The number of aromatic hydroxyl groups is 1. The number of benzene rings is 1. The molecule has 1 fully saturated rings. The van der Waals surface area contributed by atoms with Crippen LogP contribution in [0.25, 0.3) is 0 Å². The summed E-state index contributed by atoms with van der Waals surface area (Å²) in [6.07, 6.45) is 7.17. The first-order chi connectivity index (χ1) is 9.19. The Hall–Kier alpha value is -1.51. The highest BCUT2D eigenvalue weighted by molar-refractivity contribution is 5.94. The molecule has 3 nitrogen and oxygen atoms in total. The Kier molecular flexibility index (Phi) is 4.83. The van der Waals surface area contributed by atoms with Gasteiger partial charge in [-0.05, 0) is 49.8 Å². The third-order valence-corrected chi connectivity index (χ3v) is 3.99. The van der Waals surface area contributed by atoms with Crippen LogP contribution in [0.1, 0.15) is 55.8 Å². The van der Waals surface area contributed by atoms with Crippen LogP contribution in [0.5, 0.6) is 5.75 Å². The zero-order valence-corrected chi connectivity index (χ0v) is 11.6. The number of hydrogen-bond acceptors (Lipinski definition) is 2. The monoisotopic (exact) mass is 261 g/mol. The summed E-state index contributed by atoms with van der Waals surface area (Å²) < 4.78 is 0. The number of phenolic OH excluding ortho intramolecular Hbond substituents is 1. The number of carbonyl (C=O) groups is 1. The van der Waals surface area contributed by atoms with Crippen molar-refractivity contribution in [3.8, 4) is 5.75 Å². The van der Waals surface area contributed by atoms with E-state index < -0.39 is 0 Å². The Morgan fingerprint density at radius 2 is 2.05 bits per heavy atom. The summed E-state index contributed by atoms with van der Waals surface area (Å²) in [6.45, 7) is 2.23. The number of rotatable bonds is 4. The zero-order chi connectivity index (χ0) is 13.7. The Balaban J connectivity index is 1.84. The van der Waals surface area contributed by atoms with E-state index >= 15 is 0 Å². The molecule has 1 saturated carbocycles. The highest BCUT2D eigenvalue weighted by atomic mass is 16.3. The van der Waals surface area contributed by atoms with Crippen LogP contribution in [0.3, 0.4) is 0 Å². The molecule has 1 aliphatic carbocycles. The van der Waals surface area contributed by atoms with E-state index in [9.17, 15) is 9.90 Å². The van der Waals surface area contributed by atoms with Gasteiger partial charge >= 0.3 is 0 Å². The minimum absolute atomic E-state index is 0.0742. The number of amides is 1. The predicted molar refractivity (Wildman–Crippen MR) is 76.2 cm³/mol. The van der Waals surface area contributed by atoms with Crippen molar-refractivity contribution in [2.75, 3.05) is 0 Å². The van der Waals surface area contributed by atoms with Crippen LogP contribution in [0, 0.1) is 5.92 Å². The maximum absolute atomic E-state index is 12.1. The molecule has 104 valence electrons. The SMILES string of the molecule is CCCC1CCC(NC(=O)c2cccc(O)c2)CC1. The normalized spacial score (nSPS) is 23.0. The van der Waals surface area contributed by atoms with Crippen LogP contribution < -0.4 is 5.32 Å². The summed E-state index contributed by atoms with van der Waals surface area (Å²) in [7, 11) is 0. The van der Waals surface area contributed by atoms with Crippen molar-refractivity contribution in [3.63, 3.8) is 0 Å². The lowest BCUT2D eigenvalue weighted by molar-refractivity contribution is 0.0920. The minimum atomic E-state index is -0.0742. The van der Waals surface area contributed by atoms with Crippen molar-refractivity contribution in [1.29, 1.82) is 0 Å². The molecule has 0 atom stereocenters. The van der Waals surface area contributed by atoms with Gasteiger partial charge in [-0.3, -0.25) is 4.79 Å². The Bertz CT molecular complexity index is 423. The van der Waals surface area contributed by atoms with Gasteiger partial charge in [0, 0.05) is 11.6 Å². The summed E-state index contributed by atoms with van der Waals surface area (Å²) in [5.74, 6) is 0.910. The molecule has 0 saturated heterocycles. The first-order valence-electron chi connectivity index (χ1n) is 7.29. The maximum Gasteiger partial charge on any atom is 0.251 e. The maximum atomic E-state index is 12.1. The molecule has 0 unspecified atom stereocenters. The molecular weight excluding hydrogens is 238 g/mol. The zero-order valence-electron chi connectivity index (χ0n) is 11.6. The Morgan fingerprint density at radius 1 is 1.32 bits per heavy atom. The molecule has 0 bridgehead atoms. The van der Waals surface area contributed by atoms with Gasteiger partial charge in [-0.1, -0.05) is 25.8 Å². The summed E-state index contributed by atoms with van der Waals surface area (Å²) in [5, 5.41) is 12.5. The van der Waals surface area contributed by atoms with E-state index in [1.54, 1.807) is 18.2 Å². The molecule has 1 amide bonds. The van der Waals surface area contributed by atoms with Crippen molar-refractivity contribution in [2.24, 2.45) is 5.92 Å². The lowest BCUT2D eigenvalue weighted by Gasteiger charge is -2.29. The summed E-state index contributed by atoms with van der Waals surface area (Å²) in [4.78, 5) is 12.1. The number of carbonyl (C=O) groups excluding carboxylic acids is 1. The van der Waals surface area contributed by atoms with E-state index in [4.69, 9.17) is 0 Å². The average Bonchev–Trinajstić information content (AvgIpc) is 2.41. The topological polar surface area (TPSA) is 49.3 Å². The van der Waals surface area contributed by atoms with Gasteiger partial charge in [-0.15, -0.1) is 0 Å². The van der Waals surface area contributed by atoms with Crippen LogP contribution in [-0.4, -0.2) is 17.1 Å². The van der Waals surface area contributed by atoms with Gasteiger partial charge in [0.05, 0.1) is 0 Å². The average molecular weight is 261 g/mol. The fraction of sp³-hybridized carbons (Fsp3) is 0.562. The molecule has 0 aromatic heterocycles. The molecule has 0 heterocycles. The third kappa shape index (κ3) is 3.98. The molecule has 2 rings (SSSR count). The van der Waals surface area contributed by atoms with E-state index in [0.717, 1.165) is 18.8 Å². The molecule has 1 aromatic rings. The molecule has 3 heteroatoms. The molecule has 0 spiro atoms. The fourth-order valence-electron chi connectivity index (χ4n) is 2.92.